The maximum absolute atomic E-state index is 13.2. The van der Waals surface area contributed by atoms with Gasteiger partial charge in [0.1, 0.15) is 17.5 Å². The Morgan fingerprint density at radius 2 is 2.03 bits per heavy atom. The summed E-state index contributed by atoms with van der Waals surface area (Å²) in [5.74, 6) is 0.939. The molecule has 2 N–H and O–H groups in total. The largest absolute Gasteiger partial charge is 0.369 e. The number of hydrogen-bond acceptors (Lipinski definition) is 7. The van der Waals surface area contributed by atoms with Crippen LogP contribution in [-0.4, -0.2) is 51.8 Å². The molecule has 1 aromatic carbocycles. The van der Waals surface area contributed by atoms with E-state index in [0.29, 0.717) is 24.0 Å². The number of benzene rings is 1. The van der Waals surface area contributed by atoms with Gasteiger partial charge in [0.15, 0.2) is 5.82 Å². The number of likely N-dealkylation sites (N-methyl/N-ethyl adjacent to an activating group) is 1. The maximum Gasteiger partial charge on any atom is 0.246 e. The zero-order valence-corrected chi connectivity index (χ0v) is 18.9. The number of hydrogen-bond donors (Lipinski definition) is 2. The van der Waals surface area contributed by atoms with Crippen LogP contribution >= 0.6 is 0 Å². The maximum atomic E-state index is 13.2. The van der Waals surface area contributed by atoms with Crippen LogP contribution in [0.15, 0.2) is 36.7 Å². The minimum Gasteiger partial charge on any atom is -0.369 e. The number of rotatable bonds is 5. The van der Waals surface area contributed by atoms with Crippen molar-refractivity contribution in [2.75, 3.05) is 40.6 Å². The molecule has 1 saturated heterocycles. The molecule has 2 aromatic heterocycles. The summed E-state index contributed by atoms with van der Waals surface area (Å²) in [5.41, 5.74) is 3.44. The molecule has 0 bridgehead atoms. The van der Waals surface area contributed by atoms with Crippen molar-refractivity contribution in [3.63, 3.8) is 0 Å². The summed E-state index contributed by atoms with van der Waals surface area (Å²) in [7, 11) is 1.86. The van der Waals surface area contributed by atoms with E-state index in [1.54, 1.807) is 0 Å². The van der Waals surface area contributed by atoms with Gasteiger partial charge in [-0.1, -0.05) is 0 Å². The van der Waals surface area contributed by atoms with Crippen LogP contribution in [0.2, 0.25) is 0 Å². The number of fused-ring (bicyclic) bond motifs is 1. The van der Waals surface area contributed by atoms with E-state index in [1.165, 1.54) is 12.1 Å². The molecule has 3 aromatic rings. The second-order valence-corrected chi connectivity index (χ2v) is 8.65. The number of amides is 1. The number of nitrogens with zero attached hydrogens (tertiary/aromatic N) is 6. The Kier molecular flexibility index (Phi) is 5.35. The third kappa shape index (κ3) is 4.08. The highest BCUT2D eigenvalue weighted by molar-refractivity contribution is 6.03. The highest BCUT2D eigenvalue weighted by Crippen LogP contribution is 2.32. The van der Waals surface area contributed by atoms with E-state index in [2.05, 4.69) is 30.6 Å². The molecule has 0 radical (unpaired) electrons. The monoisotopic (exact) mass is 450 g/mol. The van der Waals surface area contributed by atoms with E-state index in [-0.39, 0.29) is 23.8 Å². The average molecular weight is 451 g/mol. The van der Waals surface area contributed by atoms with Crippen molar-refractivity contribution in [2.45, 2.75) is 38.9 Å². The predicted molar refractivity (Wildman–Crippen MR) is 125 cm³/mol. The lowest BCUT2D eigenvalue weighted by Gasteiger charge is -2.32. The van der Waals surface area contributed by atoms with Gasteiger partial charge in [0.05, 0.1) is 17.9 Å². The molecule has 0 aliphatic carbocycles. The average Bonchev–Trinajstić information content (AvgIpc) is 3.47. The first-order valence-electron chi connectivity index (χ1n) is 11.1. The fraction of sp³-hybridized carbons (Fsp3) is 0.391. The first-order valence-corrected chi connectivity index (χ1v) is 11.1. The lowest BCUT2D eigenvalue weighted by atomic mass is 10.2. The number of carbonyl (C=O) groups is 1. The summed E-state index contributed by atoms with van der Waals surface area (Å²) in [5, 5.41) is 10.7. The Hall–Kier alpha value is -3.69. The topological polar surface area (TPSA) is 91.2 Å². The van der Waals surface area contributed by atoms with Gasteiger partial charge >= 0.3 is 0 Å². The molecular weight excluding hydrogens is 423 g/mol. The summed E-state index contributed by atoms with van der Waals surface area (Å²) >= 11 is 0. The molecule has 4 heterocycles. The van der Waals surface area contributed by atoms with E-state index in [0.717, 1.165) is 36.5 Å². The van der Waals surface area contributed by atoms with Crippen LogP contribution in [0.25, 0.3) is 0 Å². The van der Waals surface area contributed by atoms with Crippen LogP contribution in [-0.2, 0) is 11.3 Å². The Balaban J connectivity index is 1.24. The van der Waals surface area contributed by atoms with Gasteiger partial charge in [0, 0.05) is 44.1 Å². The standard InChI is InChI=1S/C23H27FN8O/c1-14-20-21(30(3)15(2)22(33)28-20)29-23(27-14)25-10-16-11-26-32(12-16)19-8-9-31(13-19)18-6-4-17(24)5-7-18/h4-7,11-12,15,19H,8-10,13H2,1-3H3,(H,28,33)(H,25,27,29)/t15-,19-/m0/s1. The Morgan fingerprint density at radius 1 is 1.24 bits per heavy atom. The lowest BCUT2D eigenvalue weighted by Crippen LogP contribution is -2.44. The lowest BCUT2D eigenvalue weighted by molar-refractivity contribution is -0.117. The van der Waals surface area contributed by atoms with Crippen molar-refractivity contribution >= 4 is 29.0 Å². The van der Waals surface area contributed by atoms with Crippen LogP contribution in [0.1, 0.15) is 30.6 Å². The Morgan fingerprint density at radius 3 is 2.82 bits per heavy atom. The molecule has 0 saturated carbocycles. The molecular formula is C23H27FN8O. The molecule has 1 amide bonds. The van der Waals surface area contributed by atoms with Gasteiger partial charge in [0.2, 0.25) is 11.9 Å². The third-order valence-corrected chi connectivity index (χ3v) is 6.45. The van der Waals surface area contributed by atoms with Crippen molar-refractivity contribution in [2.24, 2.45) is 0 Å². The Bertz CT molecular complexity index is 1180. The van der Waals surface area contributed by atoms with Gasteiger partial charge in [-0.15, -0.1) is 0 Å². The van der Waals surface area contributed by atoms with Crippen LogP contribution in [0.3, 0.4) is 0 Å². The van der Waals surface area contributed by atoms with Gasteiger partial charge < -0.3 is 20.4 Å². The van der Waals surface area contributed by atoms with E-state index in [4.69, 9.17) is 0 Å². The minimum atomic E-state index is -0.293. The molecule has 5 rings (SSSR count). The van der Waals surface area contributed by atoms with Gasteiger partial charge in [-0.05, 0) is 44.5 Å². The summed E-state index contributed by atoms with van der Waals surface area (Å²) in [6, 6.07) is 6.61. The normalized spacial score (nSPS) is 20.1. The van der Waals surface area contributed by atoms with Crippen molar-refractivity contribution in [3.8, 4) is 0 Å². The first kappa shape index (κ1) is 21.2. The minimum absolute atomic E-state index is 0.0604. The molecule has 2 aliphatic heterocycles. The first-order chi connectivity index (χ1) is 15.9. The quantitative estimate of drug-likeness (QED) is 0.618. The highest BCUT2D eigenvalue weighted by atomic mass is 19.1. The Labute approximate surface area is 191 Å². The molecule has 0 unspecified atom stereocenters. The number of aromatic nitrogens is 4. The molecule has 1 fully saturated rings. The number of anilines is 4. The number of halogens is 1. The summed E-state index contributed by atoms with van der Waals surface area (Å²) in [6.07, 6.45) is 4.88. The van der Waals surface area contributed by atoms with Gasteiger partial charge in [-0.3, -0.25) is 9.48 Å². The van der Waals surface area contributed by atoms with Gasteiger partial charge in [0.25, 0.3) is 0 Å². The van der Waals surface area contributed by atoms with Crippen molar-refractivity contribution in [1.29, 1.82) is 0 Å². The fourth-order valence-corrected chi connectivity index (χ4v) is 4.32. The van der Waals surface area contributed by atoms with Crippen molar-refractivity contribution in [1.82, 2.24) is 19.7 Å². The van der Waals surface area contributed by atoms with Crippen molar-refractivity contribution < 1.29 is 9.18 Å². The second-order valence-electron chi connectivity index (χ2n) is 8.65. The molecule has 10 heteroatoms. The van der Waals surface area contributed by atoms with Gasteiger partial charge in [-0.2, -0.15) is 10.1 Å². The van der Waals surface area contributed by atoms with Crippen LogP contribution in [0, 0.1) is 12.7 Å². The SMILES string of the molecule is Cc1nc(NCc2cnn([C@H]3CCN(c4ccc(F)cc4)C3)c2)nc2c1NC(=O)[C@H](C)N2C. The summed E-state index contributed by atoms with van der Waals surface area (Å²) in [6.45, 7) is 5.99. The predicted octanol–water partition coefficient (Wildman–Crippen LogP) is 2.96. The van der Waals surface area contributed by atoms with E-state index in [1.807, 2.05) is 55.0 Å². The summed E-state index contributed by atoms with van der Waals surface area (Å²) < 4.78 is 15.2. The molecule has 2 atom stereocenters. The van der Waals surface area contributed by atoms with Crippen molar-refractivity contribution in [3.05, 3.63) is 53.7 Å². The van der Waals surface area contributed by atoms with E-state index in [9.17, 15) is 9.18 Å². The zero-order chi connectivity index (χ0) is 23.1. The zero-order valence-electron chi connectivity index (χ0n) is 18.9. The van der Waals surface area contributed by atoms with Crippen LogP contribution < -0.4 is 20.4 Å². The molecule has 0 spiro atoms. The smallest absolute Gasteiger partial charge is 0.246 e. The highest BCUT2D eigenvalue weighted by Gasteiger charge is 2.30. The fourth-order valence-electron chi connectivity index (χ4n) is 4.32. The van der Waals surface area contributed by atoms with E-state index >= 15 is 0 Å². The van der Waals surface area contributed by atoms with E-state index < -0.39 is 0 Å². The third-order valence-electron chi connectivity index (χ3n) is 6.45. The molecule has 9 nitrogen and oxygen atoms in total. The number of aryl methyl sites for hydroxylation is 1. The second kappa shape index (κ2) is 8.34. The van der Waals surface area contributed by atoms with Gasteiger partial charge in [-0.25, -0.2) is 9.37 Å². The number of carbonyl (C=O) groups excluding carboxylic acids is 1. The van der Waals surface area contributed by atoms with Crippen LogP contribution in [0.5, 0.6) is 0 Å². The number of nitrogens with one attached hydrogen (secondary N) is 2. The molecule has 33 heavy (non-hydrogen) atoms. The molecule has 172 valence electrons. The summed E-state index contributed by atoms with van der Waals surface area (Å²) in [4.78, 5) is 25.3. The molecule has 2 aliphatic rings. The van der Waals surface area contributed by atoms with Crippen LogP contribution in [0.4, 0.5) is 27.5 Å².